The number of aromatic nitrogens is 4. The molecule has 4 bridgehead atoms. The van der Waals surface area contributed by atoms with Crippen LogP contribution in [0, 0.1) is 37.0 Å². The van der Waals surface area contributed by atoms with Gasteiger partial charge >= 0.3 is 0 Å². The van der Waals surface area contributed by atoms with Crippen molar-refractivity contribution >= 4 is 11.7 Å². The van der Waals surface area contributed by atoms with E-state index in [-0.39, 0.29) is 5.41 Å². The molecular weight excluding hydrogens is 388 g/mol. The van der Waals surface area contributed by atoms with Gasteiger partial charge in [-0.25, -0.2) is 4.68 Å². The Labute approximate surface area is 183 Å². The quantitative estimate of drug-likeness (QED) is 0.763. The molecule has 0 aromatic carbocycles. The van der Waals surface area contributed by atoms with Crippen LogP contribution in [0.2, 0.25) is 0 Å². The van der Waals surface area contributed by atoms with Crippen LogP contribution >= 0.6 is 0 Å². The highest BCUT2D eigenvalue weighted by Gasteiger charge is 2.55. The second kappa shape index (κ2) is 7.04. The highest BCUT2D eigenvalue weighted by Crippen LogP contribution is 2.60. The standard InChI is InChI=1S/C24H32N6O/c1-16-9-17(2)30(27-16)22-4-3-21(25-26-22)28-5-7-29(8-6-28)23(31)24-13-18-10-19(14-24)12-20(11-18)15-24/h3-4,9,18-20H,5-8,10-15H2,1-2H3. The van der Waals surface area contributed by atoms with Gasteiger partial charge in [0.1, 0.15) is 0 Å². The molecular formula is C24H32N6O. The molecule has 0 spiro atoms. The van der Waals surface area contributed by atoms with Gasteiger partial charge in [0, 0.05) is 31.9 Å². The Balaban J connectivity index is 1.11. The van der Waals surface area contributed by atoms with Crippen molar-refractivity contribution in [1.29, 1.82) is 0 Å². The van der Waals surface area contributed by atoms with Crippen molar-refractivity contribution in [2.45, 2.75) is 52.4 Å². The molecule has 7 rings (SSSR count). The number of hydrogen-bond acceptors (Lipinski definition) is 5. The van der Waals surface area contributed by atoms with Crippen LogP contribution in [-0.2, 0) is 4.79 Å². The molecule has 0 unspecified atom stereocenters. The summed E-state index contributed by atoms with van der Waals surface area (Å²) in [6.07, 6.45) is 7.59. The van der Waals surface area contributed by atoms with Crippen molar-refractivity contribution in [3.05, 3.63) is 29.6 Å². The van der Waals surface area contributed by atoms with E-state index >= 15 is 0 Å². The molecule has 0 atom stereocenters. The number of aryl methyl sites for hydroxylation is 2. The molecule has 31 heavy (non-hydrogen) atoms. The maximum atomic E-state index is 13.6. The molecule has 1 saturated heterocycles. The largest absolute Gasteiger partial charge is 0.352 e. The number of carbonyl (C=O) groups is 1. The Morgan fingerprint density at radius 1 is 0.903 bits per heavy atom. The van der Waals surface area contributed by atoms with Gasteiger partial charge in [-0.2, -0.15) is 5.10 Å². The van der Waals surface area contributed by atoms with E-state index in [9.17, 15) is 4.79 Å². The average molecular weight is 421 g/mol. The Morgan fingerprint density at radius 3 is 2.00 bits per heavy atom. The maximum absolute atomic E-state index is 13.6. The van der Waals surface area contributed by atoms with Crippen LogP contribution in [0.5, 0.6) is 0 Å². The van der Waals surface area contributed by atoms with Crippen molar-refractivity contribution < 1.29 is 4.79 Å². The smallest absolute Gasteiger partial charge is 0.228 e. The first kappa shape index (κ1) is 19.3. The van der Waals surface area contributed by atoms with Crippen LogP contribution in [0.1, 0.15) is 49.9 Å². The van der Waals surface area contributed by atoms with Gasteiger partial charge in [0.2, 0.25) is 5.91 Å². The fraction of sp³-hybridized carbons (Fsp3) is 0.667. The molecule has 4 aliphatic carbocycles. The van der Waals surface area contributed by atoms with Gasteiger partial charge in [0.15, 0.2) is 11.6 Å². The zero-order valence-electron chi connectivity index (χ0n) is 18.6. The fourth-order valence-electron chi connectivity index (χ4n) is 7.31. The molecule has 4 saturated carbocycles. The van der Waals surface area contributed by atoms with E-state index < -0.39 is 0 Å². The summed E-state index contributed by atoms with van der Waals surface area (Å²) in [5, 5.41) is 13.4. The molecule has 5 aliphatic rings. The third-order valence-corrected chi connectivity index (χ3v) is 8.25. The fourth-order valence-corrected chi connectivity index (χ4v) is 7.31. The van der Waals surface area contributed by atoms with Crippen LogP contribution in [0.3, 0.4) is 0 Å². The molecule has 2 aromatic heterocycles. The second-order valence-electron chi connectivity index (χ2n) is 10.6. The van der Waals surface area contributed by atoms with E-state index in [0.717, 1.165) is 86.2 Å². The molecule has 1 amide bonds. The Morgan fingerprint density at radius 2 is 1.48 bits per heavy atom. The Hall–Kier alpha value is -2.44. The van der Waals surface area contributed by atoms with Crippen LogP contribution in [-0.4, -0.2) is 57.0 Å². The third-order valence-electron chi connectivity index (χ3n) is 8.25. The number of rotatable bonds is 3. The highest BCUT2D eigenvalue weighted by molar-refractivity contribution is 5.83. The van der Waals surface area contributed by atoms with Crippen LogP contribution in [0.15, 0.2) is 18.2 Å². The second-order valence-corrected chi connectivity index (χ2v) is 10.6. The predicted octanol–water partition coefficient (Wildman–Crippen LogP) is 3.14. The van der Waals surface area contributed by atoms with Gasteiger partial charge in [-0.3, -0.25) is 4.79 Å². The molecule has 0 N–H and O–H groups in total. The van der Waals surface area contributed by atoms with E-state index in [0.29, 0.717) is 5.91 Å². The lowest BCUT2D eigenvalue weighted by Crippen LogP contribution is -2.58. The first-order valence-electron chi connectivity index (χ1n) is 11.9. The van der Waals surface area contributed by atoms with E-state index in [2.05, 4.69) is 25.1 Å². The summed E-state index contributed by atoms with van der Waals surface area (Å²) in [5.74, 6) is 4.52. The van der Waals surface area contributed by atoms with Crippen LogP contribution < -0.4 is 4.90 Å². The van der Waals surface area contributed by atoms with Gasteiger partial charge in [0.25, 0.3) is 0 Å². The van der Waals surface area contributed by atoms with Gasteiger partial charge < -0.3 is 9.80 Å². The lowest BCUT2D eigenvalue weighted by molar-refractivity contribution is -0.158. The summed E-state index contributed by atoms with van der Waals surface area (Å²) < 4.78 is 1.83. The normalized spacial score (nSPS) is 32.0. The molecule has 3 heterocycles. The predicted molar refractivity (Wildman–Crippen MR) is 118 cm³/mol. The van der Waals surface area contributed by atoms with E-state index in [4.69, 9.17) is 0 Å². The average Bonchev–Trinajstić information content (AvgIpc) is 3.10. The monoisotopic (exact) mass is 420 g/mol. The minimum atomic E-state index is -0.0296. The number of piperazine rings is 1. The Kier molecular flexibility index (Phi) is 4.37. The van der Waals surface area contributed by atoms with E-state index in [1.807, 2.05) is 36.7 Å². The van der Waals surface area contributed by atoms with E-state index in [1.165, 1.54) is 19.3 Å². The van der Waals surface area contributed by atoms with Gasteiger partial charge in [-0.1, -0.05) is 0 Å². The van der Waals surface area contributed by atoms with Crippen LogP contribution in [0.4, 0.5) is 5.82 Å². The molecule has 7 heteroatoms. The number of hydrogen-bond donors (Lipinski definition) is 0. The zero-order chi connectivity index (χ0) is 21.2. The van der Waals surface area contributed by atoms with Crippen LogP contribution in [0.25, 0.3) is 5.82 Å². The Bertz CT molecular complexity index is 953. The van der Waals surface area contributed by atoms with Gasteiger partial charge in [-0.05, 0) is 88.3 Å². The topological polar surface area (TPSA) is 67.2 Å². The zero-order valence-corrected chi connectivity index (χ0v) is 18.6. The maximum Gasteiger partial charge on any atom is 0.228 e. The van der Waals surface area contributed by atoms with E-state index in [1.54, 1.807) is 0 Å². The minimum Gasteiger partial charge on any atom is -0.352 e. The summed E-state index contributed by atoms with van der Waals surface area (Å²) in [6, 6.07) is 6.04. The molecule has 7 nitrogen and oxygen atoms in total. The lowest BCUT2D eigenvalue weighted by atomic mass is 9.49. The highest BCUT2D eigenvalue weighted by atomic mass is 16.2. The number of nitrogens with zero attached hydrogens (tertiary/aromatic N) is 6. The van der Waals surface area contributed by atoms with Crippen molar-refractivity contribution in [2.75, 3.05) is 31.1 Å². The molecule has 5 fully saturated rings. The first-order chi connectivity index (χ1) is 15.0. The lowest BCUT2D eigenvalue weighted by Gasteiger charge is -2.57. The summed E-state index contributed by atoms with van der Waals surface area (Å²) in [5.41, 5.74) is 2.00. The number of amides is 1. The number of carbonyl (C=O) groups excluding carboxylic acids is 1. The molecule has 0 radical (unpaired) electrons. The van der Waals surface area contributed by atoms with Gasteiger partial charge in [0.05, 0.1) is 11.1 Å². The van der Waals surface area contributed by atoms with Crippen molar-refractivity contribution in [1.82, 2.24) is 24.9 Å². The van der Waals surface area contributed by atoms with Crippen molar-refractivity contribution in [3.8, 4) is 5.82 Å². The van der Waals surface area contributed by atoms with Gasteiger partial charge in [-0.15, -0.1) is 10.2 Å². The number of anilines is 1. The third kappa shape index (κ3) is 3.24. The summed E-state index contributed by atoms with van der Waals surface area (Å²) in [6.45, 7) is 7.24. The minimum absolute atomic E-state index is 0.0296. The summed E-state index contributed by atoms with van der Waals surface area (Å²) in [7, 11) is 0. The molecule has 2 aromatic rings. The first-order valence-corrected chi connectivity index (χ1v) is 11.9. The SMILES string of the molecule is Cc1cc(C)n(-c2ccc(N3CCN(C(=O)C45CC6CC(CC(C6)C4)C5)CC3)nn2)n1. The summed E-state index contributed by atoms with van der Waals surface area (Å²) >= 11 is 0. The molecule has 1 aliphatic heterocycles. The molecule has 164 valence electrons. The summed E-state index contributed by atoms with van der Waals surface area (Å²) in [4.78, 5) is 18.0. The van der Waals surface area contributed by atoms with Crippen molar-refractivity contribution in [3.63, 3.8) is 0 Å². The van der Waals surface area contributed by atoms with Crippen molar-refractivity contribution in [2.24, 2.45) is 23.2 Å².